The molecule has 1 aromatic heterocycles. The lowest BCUT2D eigenvalue weighted by atomic mass is 10.1. The molecular weight excluding hydrogens is 202 g/mol. The van der Waals surface area contributed by atoms with Gasteiger partial charge in [0.1, 0.15) is 5.75 Å². The van der Waals surface area contributed by atoms with Crippen molar-refractivity contribution >= 4 is 0 Å². The molecule has 2 rings (SSSR count). The van der Waals surface area contributed by atoms with E-state index in [0.717, 1.165) is 28.1 Å². The standard InChI is InChI=1S/C12H15N3O/c1-8-5-9(3-4-11(8)16-2)12-10(6-13)7-14-15-12/h3-5,7H,6,13H2,1-2H3,(H,14,15). The Morgan fingerprint density at radius 3 is 2.88 bits per heavy atom. The molecular formula is C12H15N3O. The van der Waals surface area contributed by atoms with Crippen LogP contribution in [-0.4, -0.2) is 17.3 Å². The number of H-pyrrole nitrogens is 1. The average molecular weight is 217 g/mol. The highest BCUT2D eigenvalue weighted by Gasteiger charge is 2.07. The second-order valence-electron chi connectivity index (χ2n) is 3.66. The summed E-state index contributed by atoms with van der Waals surface area (Å²) in [7, 11) is 1.67. The van der Waals surface area contributed by atoms with Crippen molar-refractivity contribution in [3.8, 4) is 17.0 Å². The molecule has 0 aliphatic carbocycles. The van der Waals surface area contributed by atoms with E-state index >= 15 is 0 Å². The van der Waals surface area contributed by atoms with E-state index in [2.05, 4.69) is 16.3 Å². The fourth-order valence-corrected chi connectivity index (χ4v) is 1.75. The molecule has 0 aliphatic rings. The molecule has 16 heavy (non-hydrogen) atoms. The predicted molar refractivity (Wildman–Crippen MR) is 63.2 cm³/mol. The molecule has 3 N–H and O–H groups in total. The Morgan fingerprint density at radius 2 is 2.25 bits per heavy atom. The number of aryl methyl sites for hydroxylation is 1. The van der Waals surface area contributed by atoms with E-state index in [9.17, 15) is 0 Å². The van der Waals surface area contributed by atoms with Crippen LogP contribution in [0.4, 0.5) is 0 Å². The van der Waals surface area contributed by atoms with Gasteiger partial charge in [0.15, 0.2) is 0 Å². The molecule has 0 aliphatic heterocycles. The lowest BCUT2D eigenvalue weighted by molar-refractivity contribution is 0.412. The van der Waals surface area contributed by atoms with Gasteiger partial charge in [-0.05, 0) is 30.7 Å². The summed E-state index contributed by atoms with van der Waals surface area (Å²) in [6, 6.07) is 6.01. The highest BCUT2D eigenvalue weighted by Crippen LogP contribution is 2.26. The second kappa shape index (κ2) is 4.37. The third kappa shape index (κ3) is 1.79. The van der Waals surface area contributed by atoms with Crippen LogP contribution in [0.15, 0.2) is 24.4 Å². The SMILES string of the molecule is COc1ccc(-c2[nH]ncc2CN)cc1C. The Balaban J connectivity index is 2.45. The summed E-state index contributed by atoms with van der Waals surface area (Å²) in [6.45, 7) is 2.50. The first-order valence-corrected chi connectivity index (χ1v) is 5.13. The molecule has 0 spiro atoms. The van der Waals surface area contributed by atoms with Crippen LogP contribution in [-0.2, 0) is 6.54 Å². The Bertz CT molecular complexity index is 491. The molecule has 0 bridgehead atoms. The summed E-state index contributed by atoms with van der Waals surface area (Å²) < 4.78 is 5.22. The molecule has 0 amide bonds. The monoisotopic (exact) mass is 217 g/mol. The van der Waals surface area contributed by atoms with Crippen molar-refractivity contribution in [2.24, 2.45) is 5.73 Å². The van der Waals surface area contributed by atoms with Crippen molar-refractivity contribution in [2.75, 3.05) is 7.11 Å². The van der Waals surface area contributed by atoms with Gasteiger partial charge in [0.25, 0.3) is 0 Å². The number of rotatable bonds is 3. The topological polar surface area (TPSA) is 63.9 Å². The van der Waals surface area contributed by atoms with Gasteiger partial charge in [-0.3, -0.25) is 5.10 Å². The van der Waals surface area contributed by atoms with E-state index in [1.807, 2.05) is 19.1 Å². The molecule has 1 aromatic carbocycles. The first kappa shape index (κ1) is 10.7. The molecule has 0 radical (unpaired) electrons. The second-order valence-corrected chi connectivity index (χ2v) is 3.66. The lowest BCUT2D eigenvalue weighted by Crippen LogP contribution is -1.97. The maximum Gasteiger partial charge on any atom is 0.121 e. The van der Waals surface area contributed by atoms with E-state index in [1.54, 1.807) is 13.3 Å². The number of hydrogen-bond acceptors (Lipinski definition) is 3. The zero-order valence-corrected chi connectivity index (χ0v) is 9.45. The van der Waals surface area contributed by atoms with Crippen LogP contribution in [0.2, 0.25) is 0 Å². The van der Waals surface area contributed by atoms with Crippen molar-refractivity contribution in [3.63, 3.8) is 0 Å². The number of benzene rings is 1. The van der Waals surface area contributed by atoms with Gasteiger partial charge in [-0.25, -0.2) is 0 Å². The molecule has 0 fully saturated rings. The average Bonchev–Trinajstić information content (AvgIpc) is 2.77. The molecule has 0 saturated carbocycles. The third-order valence-electron chi connectivity index (χ3n) is 2.62. The highest BCUT2D eigenvalue weighted by atomic mass is 16.5. The molecule has 1 heterocycles. The quantitative estimate of drug-likeness (QED) is 0.824. The number of hydrogen-bond donors (Lipinski definition) is 2. The molecule has 84 valence electrons. The van der Waals surface area contributed by atoms with Crippen molar-refractivity contribution in [1.82, 2.24) is 10.2 Å². The van der Waals surface area contributed by atoms with Gasteiger partial charge in [0.05, 0.1) is 19.0 Å². The molecule has 4 heteroatoms. The van der Waals surface area contributed by atoms with Gasteiger partial charge < -0.3 is 10.5 Å². The minimum Gasteiger partial charge on any atom is -0.496 e. The van der Waals surface area contributed by atoms with Crippen molar-refractivity contribution in [1.29, 1.82) is 0 Å². The Labute approximate surface area is 94.4 Å². The summed E-state index contributed by atoms with van der Waals surface area (Å²) in [5.41, 5.74) is 9.81. The highest BCUT2D eigenvalue weighted by molar-refractivity contribution is 5.64. The minimum absolute atomic E-state index is 0.483. The first-order chi connectivity index (χ1) is 7.76. The number of nitrogens with zero attached hydrogens (tertiary/aromatic N) is 1. The van der Waals surface area contributed by atoms with E-state index in [4.69, 9.17) is 10.5 Å². The van der Waals surface area contributed by atoms with Gasteiger partial charge in [0.2, 0.25) is 0 Å². The molecule has 0 saturated heterocycles. The van der Waals surface area contributed by atoms with Crippen LogP contribution in [0.3, 0.4) is 0 Å². The number of nitrogens with one attached hydrogen (secondary N) is 1. The smallest absolute Gasteiger partial charge is 0.121 e. The lowest BCUT2D eigenvalue weighted by Gasteiger charge is -2.07. The zero-order chi connectivity index (χ0) is 11.5. The third-order valence-corrected chi connectivity index (χ3v) is 2.62. The van der Waals surface area contributed by atoms with Gasteiger partial charge in [-0.15, -0.1) is 0 Å². The summed E-state index contributed by atoms with van der Waals surface area (Å²) in [5.74, 6) is 0.887. The van der Waals surface area contributed by atoms with E-state index in [0.29, 0.717) is 6.54 Å². The summed E-state index contributed by atoms with van der Waals surface area (Å²) in [6.07, 6.45) is 1.76. The number of aromatic amines is 1. The van der Waals surface area contributed by atoms with E-state index < -0.39 is 0 Å². The van der Waals surface area contributed by atoms with Crippen LogP contribution in [0, 0.1) is 6.92 Å². The van der Waals surface area contributed by atoms with E-state index in [-0.39, 0.29) is 0 Å². The molecule has 2 aromatic rings. The summed E-state index contributed by atoms with van der Waals surface area (Å²) >= 11 is 0. The normalized spacial score (nSPS) is 10.4. The van der Waals surface area contributed by atoms with Crippen molar-refractivity contribution < 1.29 is 4.74 Å². The zero-order valence-electron chi connectivity index (χ0n) is 9.45. The van der Waals surface area contributed by atoms with Crippen LogP contribution < -0.4 is 10.5 Å². The van der Waals surface area contributed by atoms with Gasteiger partial charge in [-0.2, -0.15) is 5.10 Å². The Morgan fingerprint density at radius 1 is 1.44 bits per heavy atom. The van der Waals surface area contributed by atoms with Crippen molar-refractivity contribution in [2.45, 2.75) is 13.5 Å². The molecule has 0 unspecified atom stereocenters. The van der Waals surface area contributed by atoms with E-state index in [1.165, 1.54) is 0 Å². The first-order valence-electron chi connectivity index (χ1n) is 5.13. The fraction of sp³-hybridized carbons (Fsp3) is 0.250. The van der Waals surface area contributed by atoms with Crippen molar-refractivity contribution in [3.05, 3.63) is 35.5 Å². The van der Waals surface area contributed by atoms with Crippen LogP contribution in [0.25, 0.3) is 11.3 Å². The number of ether oxygens (including phenoxy) is 1. The van der Waals surface area contributed by atoms with Crippen LogP contribution >= 0.6 is 0 Å². The Kier molecular flexibility index (Phi) is 2.92. The predicted octanol–water partition coefficient (Wildman–Crippen LogP) is 1.85. The van der Waals surface area contributed by atoms with Gasteiger partial charge in [-0.1, -0.05) is 0 Å². The van der Waals surface area contributed by atoms with Crippen LogP contribution in [0.5, 0.6) is 5.75 Å². The maximum absolute atomic E-state index is 5.64. The largest absolute Gasteiger partial charge is 0.496 e. The van der Waals surface area contributed by atoms with Gasteiger partial charge >= 0.3 is 0 Å². The maximum atomic E-state index is 5.64. The molecule has 4 nitrogen and oxygen atoms in total. The van der Waals surface area contributed by atoms with Crippen LogP contribution in [0.1, 0.15) is 11.1 Å². The van der Waals surface area contributed by atoms with Gasteiger partial charge in [0, 0.05) is 17.7 Å². The number of aromatic nitrogens is 2. The minimum atomic E-state index is 0.483. The number of nitrogens with two attached hydrogens (primary N) is 1. The molecule has 0 atom stereocenters. The number of methoxy groups -OCH3 is 1. The Hall–Kier alpha value is -1.81. The summed E-state index contributed by atoms with van der Waals surface area (Å²) in [5, 5.41) is 6.97. The fourth-order valence-electron chi connectivity index (χ4n) is 1.75. The summed E-state index contributed by atoms with van der Waals surface area (Å²) in [4.78, 5) is 0.